The van der Waals surface area contributed by atoms with E-state index in [9.17, 15) is 32.9 Å². The van der Waals surface area contributed by atoms with Gasteiger partial charge in [0, 0.05) is 37.9 Å². The van der Waals surface area contributed by atoms with Crippen molar-refractivity contribution in [2.24, 2.45) is 5.10 Å². The molecule has 0 unspecified atom stereocenters. The van der Waals surface area contributed by atoms with Crippen LogP contribution in [0.15, 0.2) is 71.1 Å². The molecule has 0 bridgehead atoms. The number of carbonyl (C=O) groups excluding carboxylic acids is 2. The van der Waals surface area contributed by atoms with E-state index < -0.39 is 41.2 Å². The zero-order valence-corrected chi connectivity index (χ0v) is 21.9. The number of amides is 3. The van der Waals surface area contributed by atoms with E-state index in [2.05, 4.69) is 10.4 Å². The molecule has 4 rings (SSSR count). The number of ether oxygens (including phenoxy) is 1. The molecular formula is C26H24F3N5O5S. The van der Waals surface area contributed by atoms with Crippen molar-refractivity contribution in [2.45, 2.75) is 18.6 Å². The second-order valence-corrected chi connectivity index (χ2v) is 9.70. The summed E-state index contributed by atoms with van der Waals surface area (Å²) in [6, 6.07) is 12.2. The number of halogens is 3. The molecule has 1 atom stereocenters. The number of hydrogen-bond acceptors (Lipinski definition) is 7. The van der Waals surface area contributed by atoms with Crippen LogP contribution in [0.1, 0.15) is 28.5 Å². The number of thiophene rings is 1. The second-order valence-electron chi connectivity index (χ2n) is 8.75. The highest BCUT2D eigenvalue weighted by Crippen LogP contribution is 2.35. The lowest BCUT2D eigenvalue weighted by molar-refractivity contribution is -0.385. The maximum Gasteiger partial charge on any atom is 0.416 e. The zero-order chi connectivity index (χ0) is 28.9. The van der Waals surface area contributed by atoms with E-state index in [0.29, 0.717) is 17.7 Å². The lowest BCUT2D eigenvalue weighted by Crippen LogP contribution is -2.44. The van der Waals surface area contributed by atoms with Gasteiger partial charge in [0.1, 0.15) is 6.54 Å². The van der Waals surface area contributed by atoms with Gasteiger partial charge < -0.3 is 15.0 Å². The summed E-state index contributed by atoms with van der Waals surface area (Å²) in [5.74, 6) is -0.554. The predicted octanol–water partition coefficient (Wildman–Crippen LogP) is 5.53. The van der Waals surface area contributed by atoms with Crippen LogP contribution in [0.2, 0.25) is 0 Å². The van der Waals surface area contributed by atoms with Crippen molar-refractivity contribution in [2.75, 3.05) is 32.1 Å². The summed E-state index contributed by atoms with van der Waals surface area (Å²) in [6.07, 6.45) is -4.21. The number of methoxy groups -OCH3 is 1. The van der Waals surface area contributed by atoms with Gasteiger partial charge in [0.05, 0.1) is 33.7 Å². The van der Waals surface area contributed by atoms with Crippen LogP contribution in [0, 0.1) is 10.1 Å². The van der Waals surface area contributed by atoms with Crippen molar-refractivity contribution in [1.82, 2.24) is 9.91 Å². The van der Waals surface area contributed by atoms with Gasteiger partial charge in [-0.15, -0.1) is 11.3 Å². The number of benzene rings is 2. The molecule has 2 heterocycles. The number of hydrazone groups is 1. The summed E-state index contributed by atoms with van der Waals surface area (Å²) in [4.78, 5) is 39.4. The quantitative estimate of drug-likeness (QED) is 0.266. The minimum Gasteiger partial charge on any atom is -0.383 e. The van der Waals surface area contributed by atoms with Gasteiger partial charge in [-0.25, -0.2) is 9.80 Å². The minimum absolute atomic E-state index is 0.00548. The van der Waals surface area contributed by atoms with Crippen molar-refractivity contribution >= 4 is 40.4 Å². The van der Waals surface area contributed by atoms with Crippen LogP contribution >= 0.6 is 11.3 Å². The Morgan fingerprint density at radius 1 is 1.20 bits per heavy atom. The maximum absolute atomic E-state index is 13.5. The third-order valence-electron chi connectivity index (χ3n) is 6.08. The number of carbonyl (C=O) groups is 2. The third-order valence-corrected chi connectivity index (χ3v) is 7.00. The third kappa shape index (κ3) is 6.82. The molecule has 3 amide bonds. The highest BCUT2D eigenvalue weighted by Gasteiger charge is 2.35. The Balaban J connectivity index is 1.56. The van der Waals surface area contributed by atoms with Crippen LogP contribution in [0.25, 0.3) is 0 Å². The number of alkyl halides is 3. The number of urea groups is 1. The fourth-order valence-corrected chi connectivity index (χ4v) is 4.79. The van der Waals surface area contributed by atoms with Gasteiger partial charge in [-0.1, -0.05) is 18.2 Å². The van der Waals surface area contributed by atoms with Gasteiger partial charge >= 0.3 is 12.2 Å². The Kier molecular flexibility index (Phi) is 8.80. The average Bonchev–Trinajstić information content (AvgIpc) is 3.61. The van der Waals surface area contributed by atoms with E-state index in [1.54, 1.807) is 6.07 Å². The Morgan fingerprint density at radius 2 is 1.95 bits per heavy atom. The molecule has 10 nitrogen and oxygen atoms in total. The molecule has 1 N–H and O–H groups in total. The molecule has 0 fully saturated rings. The number of nitro benzene ring substituents is 1. The normalized spacial score (nSPS) is 15.1. The highest BCUT2D eigenvalue weighted by molar-refractivity contribution is 7.12. The molecule has 1 aliphatic rings. The molecular weight excluding hydrogens is 551 g/mol. The minimum atomic E-state index is -4.52. The summed E-state index contributed by atoms with van der Waals surface area (Å²) in [7, 11) is 1.42. The molecule has 0 saturated heterocycles. The molecule has 1 aliphatic heterocycles. The highest BCUT2D eigenvalue weighted by atomic mass is 32.1. The second kappa shape index (κ2) is 12.3. The van der Waals surface area contributed by atoms with Crippen molar-refractivity contribution < 1.29 is 32.4 Å². The maximum atomic E-state index is 13.5. The monoisotopic (exact) mass is 575 g/mol. The van der Waals surface area contributed by atoms with Gasteiger partial charge in [-0.2, -0.15) is 18.3 Å². The number of anilines is 1. The molecule has 3 aromatic rings. The molecule has 40 heavy (non-hydrogen) atoms. The molecule has 2 aromatic carbocycles. The molecule has 0 spiro atoms. The van der Waals surface area contributed by atoms with Crippen molar-refractivity contribution in [3.05, 3.63) is 92.2 Å². The Bertz CT molecular complexity index is 1400. The lowest BCUT2D eigenvalue weighted by Gasteiger charge is -2.27. The van der Waals surface area contributed by atoms with E-state index in [-0.39, 0.29) is 24.5 Å². The number of non-ortho nitro benzene ring substituents is 1. The van der Waals surface area contributed by atoms with Gasteiger partial charge in [0.25, 0.3) is 11.6 Å². The van der Waals surface area contributed by atoms with Gasteiger partial charge in [0.15, 0.2) is 0 Å². The number of nitrogens with one attached hydrogen (secondary N) is 1. The Morgan fingerprint density at radius 3 is 2.58 bits per heavy atom. The van der Waals surface area contributed by atoms with Crippen molar-refractivity contribution in [1.29, 1.82) is 0 Å². The van der Waals surface area contributed by atoms with Gasteiger partial charge in [-0.05, 0) is 41.3 Å². The van der Waals surface area contributed by atoms with Gasteiger partial charge in [-0.3, -0.25) is 14.9 Å². The first kappa shape index (κ1) is 28.7. The van der Waals surface area contributed by atoms with E-state index >= 15 is 0 Å². The first-order valence-electron chi connectivity index (χ1n) is 12.0. The number of rotatable bonds is 9. The molecule has 0 radical (unpaired) electrons. The molecule has 1 aromatic heterocycles. The van der Waals surface area contributed by atoms with Crippen LogP contribution in [0.4, 0.5) is 29.3 Å². The van der Waals surface area contributed by atoms with E-state index in [1.165, 1.54) is 41.7 Å². The summed E-state index contributed by atoms with van der Waals surface area (Å²) in [5.41, 5.74) is 0.249. The average molecular weight is 576 g/mol. The van der Waals surface area contributed by atoms with Crippen LogP contribution < -0.4 is 5.32 Å². The number of nitrogens with zero attached hydrogens (tertiary/aromatic N) is 4. The lowest BCUT2D eigenvalue weighted by atomic mass is 10.0. The van der Waals surface area contributed by atoms with Gasteiger partial charge in [0.2, 0.25) is 0 Å². The van der Waals surface area contributed by atoms with Crippen molar-refractivity contribution in [3.8, 4) is 0 Å². The summed E-state index contributed by atoms with van der Waals surface area (Å²) in [5, 5.41) is 21.5. The van der Waals surface area contributed by atoms with Crippen LogP contribution in [0.3, 0.4) is 0 Å². The summed E-state index contributed by atoms with van der Waals surface area (Å²) < 4.78 is 43.7. The first-order chi connectivity index (χ1) is 19.1. The first-order valence-corrected chi connectivity index (χ1v) is 12.8. The smallest absolute Gasteiger partial charge is 0.383 e. The molecule has 210 valence electrons. The van der Waals surface area contributed by atoms with E-state index in [4.69, 9.17) is 4.74 Å². The van der Waals surface area contributed by atoms with Crippen LogP contribution in [-0.4, -0.2) is 59.3 Å². The van der Waals surface area contributed by atoms with E-state index in [0.717, 1.165) is 34.0 Å². The fraction of sp³-hybridized carbons (Fsp3) is 0.269. The Hall–Kier alpha value is -4.30. The summed E-state index contributed by atoms with van der Waals surface area (Å²) >= 11 is 1.43. The fourth-order valence-electron chi connectivity index (χ4n) is 4.07. The van der Waals surface area contributed by atoms with Crippen molar-refractivity contribution in [3.63, 3.8) is 0 Å². The Labute approximate surface area is 230 Å². The topological polar surface area (TPSA) is 117 Å². The van der Waals surface area contributed by atoms with Crippen LogP contribution in [0.5, 0.6) is 0 Å². The zero-order valence-electron chi connectivity index (χ0n) is 21.1. The standard InChI is InChI=1S/C26H24F3N5O5S/c1-39-12-11-32(25(36)30-19-9-7-18(8-10-19)26(27,28)29)16-24(35)33-22(15-21(31-33)23-6-3-13-40-23)17-4-2-5-20(14-17)34(37)38/h2-10,13-14,22H,11-12,15-16H2,1H3,(H,30,36)/t22-/m1/s1. The largest absolute Gasteiger partial charge is 0.416 e. The molecule has 0 saturated carbocycles. The van der Waals surface area contributed by atoms with E-state index in [1.807, 2.05) is 17.5 Å². The molecule has 0 aliphatic carbocycles. The molecule has 14 heteroatoms. The predicted molar refractivity (Wildman–Crippen MR) is 142 cm³/mol. The number of nitro groups is 1. The number of hydrogen-bond donors (Lipinski definition) is 1. The SMILES string of the molecule is COCCN(CC(=O)N1N=C(c2cccs2)C[C@@H]1c1cccc([N+](=O)[O-])c1)C(=O)Nc1ccc(C(F)(F)F)cc1. The van der Waals surface area contributed by atoms with Crippen LogP contribution in [-0.2, 0) is 15.7 Å². The summed E-state index contributed by atoms with van der Waals surface area (Å²) in [6.45, 7) is -0.334.